The van der Waals surface area contributed by atoms with Crippen LogP contribution in [0.15, 0.2) is 58.4 Å². The van der Waals surface area contributed by atoms with Gasteiger partial charge in [0.15, 0.2) is 0 Å². The van der Waals surface area contributed by atoms with Gasteiger partial charge in [-0.1, -0.05) is 0 Å². The topological polar surface area (TPSA) is 199 Å². The third-order valence-corrected chi connectivity index (χ3v) is 12.7. The number of benzene rings is 1. The molecule has 4 unspecified atom stereocenters. The molecule has 2 saturated heterocycles. The van der Waals surface area contributed by atoms with E-state index in [-0.39, 0.29) is 35.0 Å². The number of halogens is 1. The van der Waals surface area contributed by atoms with E-state index in [1.165, 1.54) is 6.33 Å². The number of hydrogen-bond acceptors (Lipinski definition) is 10. The summed E-state index contributed by atoms with van der Waals surface area (Å²) in [7, 11) is -4.05. The Kier molecular flexibility index (Phi) is 10.0. The van der Waals surface area contributed by atoms with Crippen molar-refractivity contribution in [3.05, 3.63) is 64.0 Å². The number of nitrogens with one attached hydrogen (secondary N) is 3. The zero-order valence-electron chi connectivity index (χ0n) is 24.8. The minimum atomic E-state index is -4.05. The van der Waals surface area contributed by atoms with Gasteiger partial charge in [0.1, 0.15) is 0 Å². The summed E-state index contributed by atoms with van der Waals surface area (Å²) in [6.07, 6.45) is 6.17. The molecule has 3 aliphatic heterocycles. The molecule has 17 heteroatoms. The Labute approximate surface area is 274 Å². The molecule has 5 heterocycles. The number of anilines is 1. The molecule has 46 heavy (non-hydrogen) atoms. The summed E-state index contributed by atoms with van der Waals surface area (Å²) in [5.74, 6) is -0.409. The van der Waals surface area contributed by atoms with Gasteiger partial charge in [-0.3, -0.25) is 0 Å². The first-order valence-corrected chi connectivity index (χ1v) is 18.9. The number of piperidine rings is 1. The van der Waals surface area contributed by atoms with Crippen molar-refractivity contribution in [1.82, 2.24) is 30.2 Å². The van der Waals surface area contributed by atoms with Crippen LogP contribution in [0.25, 0.3) is 17.2 Å². The summed E-state index contributed by atoms with van der Waals surface area (Å²) in [6.45, 7) is 2.59. The second kappa shape index (κ2) is 14.1. The summed E-state index contributed by atoms with van der Waals surface area (Å²) in [5.41, 5.74) is 1.87. The Balaban J connectivity index is 1.22. The molecule has 2 aromatic heterocycles. The van der Waals surface area contributed by atoms with Gasteiger partial charge >= 0.3 is 275 Å². The fraction of sp³-hybridized carbons (Fsp3) is 0.414. The van der Waals surface area contributed by atoms with Crippen LogP contribution < -0.4 is 37.2 Å². The molecular weight excluding hydrogens is 732 g/mol. The van der Waals surface area contributed by atoms with Crippen LogP contribution in [-0.4, -0.2) is 85.8 Å². The number of carboxylic acid groups (broad SMARTS) is 1. The van der Waals surface area contributed by atoms with Gasteiger partial charge in [0.25, 0.3) is 0 Å². The van der Waals surface area contributed by atoms with Crippen molar-refractivity contribution in [3.8, 4) is 0 Å². The van der Waals surface area contributed by atoms with Crippen LogP contribution >= 0.6 is 7.60 Å². The number of nitrogens with zero attached hydrogens (tertiary/aromatic N) is 4. The fourth-order valence-electron chi connectivity index (χ4n) is 5.54. The number of carbonyl (C=O) groups is 2. The number of aliphatic carboxylic acids is 1. The quantitative estimate of drug-likeness (QED) is 0.0988. The number of alkyl halides is 1. The maximum absolute atomic E-state index is 13.2. The summed E-state index contributed by atoms with van der Waals surface area (Å²) in [4.78, 5) is 47.5. The van der Waals surface area contributed by atoms with E-state index in [4.69, 9.17) is 14.0 Å². The Morgan fingerprint density at radius 1 is 1.26 bits per heavy atom. The van der Waals surface area contributed by atoms with Crippen LogP contribution in [-0.2, 0) is 23.4 Å². The SMILES string of the molecule is CCNC(=O)Nc1ncnc2c1ncn2[C@@H]1[I-]C(COP(=O)(O)CC2CCNC(C(=O)O)C2)=C2O[C@H](/C=C/c3ccccc3)OC21. The predicted molar refractivity (Wildman–Crippen MR) is 162 cm³/mol. The van der Waals surface area contributed by atoms with Gasteiger partial charge in [0.05, 0.1) is 0 Å². The Morgan fingerprint density at radius 2 is 2.09 bits per heavy atom. The Morgan fingerprint density at radius 3 is 2.87 bits per heavy atom. The zero-order chi connectivity index (χ0) is 32.3. The molecule has 5 N–H and O–H groups in total. The van der Waals surface area contributed by atoms with Crippen molar-refractivity contribution in [2.75, 3.05) is 31.2 Å². The van der Waals surface area contributed by atoms with E-state index in [1.54, 1.807) is 6.33 Å². The molecule has 0 bridgehead atoms. The first kappa shape index (κ1) is 32.5. The molecule has 2 fully saturated rings. The van der Waals surface area contributed by atoms with Gasteiger partial charge in [-0.2, -0.15) is 0 Å². The molecule has 0 radical (unpaired) electrons. The van der Waals surface area contributed by atoms with Crippen molar-refractivity contribution < 1.29 is 59.4 Å². The molecule has 3 aliphatic rings. The summed E-state index contributed by atoms with van der Waals surface area (Å²) in [5, 5.41) is 17.7. The van der Waals surface area contributed by atoms with Gasteiger partial charge in [0, 0.05) is 0 Å². The second-order valence-electron chi connectivity index (χ2n) is 10.9. The average Bonchev–Trinajstić information content (AvgIpc) is 3.74. The normalized spacial score (nSPS) is 25.9. The van der Waals surface area contributed by atoms with Gasteiger partial charge in [0.2, 0.25) is 0 Å². The van der Waals surface area contributed by atoms with Crippen LogP contribution in [0.2, 0.25) is 0 Å². The molecule has 246 valence electrons. The van der Waals surface area contributed by atoms with Crippen molar-refractivity contribution in [3.63, 3.8) is 0 Å². The number of ether oxygens (including phenoxy) is 2. The van der Waals surface area contributed by atoms with Gasteiger partial charge in [-0.25, -0.2) is 0 Å². The van der Waals surface area contributed by atoms with Crippen molar-refractivity contribution in [2.24, 2.45) is 5.92 Å². The van der Waals surface area contributed by atoms with Crippen LogP contribution in [0.4, 0.5) is 10.6 Å². The maximum atomic E-state index is 13.2. The van der Waals surface area contributed by atoms with E-state index in [1.807, 2.05) is 54.0 Å². The molecule has 0 spiro atoms. The number of carboxylic acids is 1. The van der Waals surface area contributed by atoms with Crippen LogP contribution in [0, 0.1) is 5.92 Å². The molecular formula is C29H34IN7O8P-. The molecule has 15 nitrogen and oxygen atoms in total. The standard InChI is InChI=1S/C29H34IN7O8P/c1-2-31-29(40)36-26-22-27(34-15-33-26)37(16-35-22)25-24-23(44-21(45-24)9-8-17-6-4-3-5-7-17)19(30-25)13-43-46(41,42)14-18-10-11-32-20(12-18)28(38)39/h3-9,15-16,18,20-21,24-25,32H,2,10-14H2,1H3,(H,38,39)(H,41,42)(H2,31,33,34,36,40)/q-1/b9-8+/t18?,20?,21-,24?,25-/m0/s1. The van der Waals surface area contributed by atoms with Crippen LogP contribution in [0.1, 0.15) is 29.4 Å². The summed E-state index contributed by atoms with van der Waals surface area (Å²) >= 11 is -0.928. The molecule has 1 aromatic carbocycles. The van der Waals surface area contributed by atoms with Gasteiger partial charge in [-0.15, -0.1) is 0 Å². The molecule has 0 saturated carbocycles. The zero-order valence-corrected chi connectivity index (χ0v) is 27.8. The van der Waals surface area contributed by atoms with Gasteiger partial charge < -0.3 is 0 Å². The molecule has 6 rings (SSSR count). The summed E-state index contributed by atoms with van der Waals surface area (Å²) < 4.78 is 33.9. The van der Waals surface area contributed by atoms with E-state index in [0.717, 1.165) is 9.14 Å². The number of imidazole rings is 1. The van der Waals surface area contributed by atoms with E-state index < -0.39 is 59.2 Å². The molecule has 0 aliphatic carbocycles. The summed E-state index contributed by atoms with van der Waals surface area (Å²) in [6, 6.07) is 8.56. The molecule has 2 amide bonds. The number of hydrogen-bond donors (Lipinski definition) is 5. The molecule has 6 atom stereocenters. The molecule has 3 aromatic rings. The van der Waals surface area contributed by atoms with Crippen molar-refractivity contribution in [2.45, 2.75) is 42.2 Å². The van der Waals surface area contributed by atoms with E-state index in [2.05, 4.69) is 30.9 Å². The second-order valence-corrected chi connectivity index (χ2v) is 16.0. The number of rotatable bonds is 11. The van der Waals surface area contributed by atoms with E-state index >= 15 is 0 Å². The first-order chi connectivity index (χ1) is 22.2. The average molecular weight is 767 g/mol. The number of fused-ring (bicyclic) bond motifs is 2. The van der Waals surface area contributed by atoms with Gasteiger partial charge in [-0.05, 0) is 0 Å². The first-order valence-electron chi connectivity index (χ1n) is 14.8. The van der Waals surface area contributed by atoms with Crippen molar-refractivity contribution in [1.29, 1.82) is 0 Å². The number of amides is 2. The predicted octanol–water partition coefficient (Wildman–Crippen LogP) is -0.110. The van der Waals surface area contributed by atoms with Crippen LogP contribution in [0.3, 0.4) is 0 Å². The van der Waals surface area contributed by atoms with Crippen molar-refractivity contribution >= 4 is 42.7 Å². The minimum absolute atomic E-state index is 0.124. The van der Waals surface area contributed by atoms with E-state index in [9.17, 15) is 24.2 Å². The Bertz CT molecular complexity index is 1700. The number of urea groups is 1. The van der Waals surface area contributed by atoms with E-state index in [0.29, 0.717) is 36.4 Å². The monoisotopic (exact) mass is 766 g/mol. The number of aromatic nitrogens is 4. The third-order valence-electron chi connectivity index (χ3n) is 7.67. The Hall–Kier alpha value is -3.41. The third kappa shape index (κ3) is 7.42. The van der Waals surface area contributed by atoms with Crippen LogP contribution in [0.5, 0.6) is 0 Å². The fourth-order valence-corrected chi connectivity index (χ4v) is 10.6. The number of carbonyl (C=O) groups excluding carboxylic acids is 1.